The van der Waals surface area contributed by atoms with Crippen LogP contribution in [0.25, 0.3) is 11.1 Å². The minimum absolute atomic E-state index is 0.138. The van der Waals surface area contributed by atoms with E-state index in [1.807, 2.05) is 55.5 Å². The fourth-order valence-electron chi connectivity index (χ4n) is 2.14. The first-order valence-corrected chi connectivity index (χ1v) is 7.21. The second-order valence-corrected chi connectivity index (χ2v) is 4.94. The summed E-state index contributed by atoms with van der Waals surface area (Å²) in [4.78, 5) is 22.9. The molecule has 22 heavy (non-hydrogen) atoms. The van der Waals surface area contributed by atoms with Gasteiger partial charge in [0, 0.05) is 0 Å². The summed E-state index contributed by atoms with van der Waals surface area (Å²) in [7, 11) is 0. The van der Waals surface area contributed by atoms with E-state index < -0.39 is 0 Å². The van der Waals surface area contributed by atoms with Crippen molar-refractivity contribution in [2.24, 2.45) is 0 Å². The molecular formula is C18H19NO3. The molecule has 1 amide bonds. The maximum Gasteiger partial charge on any atom is 0.231 e. The maximum atomic E-state index is 11.8. The molecule has 0 spiro atoms. The zero-order valence-corrected chi connectivity index (χ0v) is 12.8. The van der Waals surface area contributed by atoms with Gasteiger partial charge in [-0.3, -0.25) is 9.59 Å². The molecule has 114 valence electrons. The van der Waals surface area contributed by atoms with Crippen LogP contribution in [-0.2, 0) is 9.59 Å². The van der Waals surface area contributed by atoms with Crippen molar-refractivity contribution < 1.29 is 14.3 Å². The number of carbonyl (C=O) groups excluding carboxylic acids is 2. The molecular weight excluding hydrogens is 278 g/mol. The van der Waals surface area contributed by atoms with E-state index in [4.69, 9.17) is 4.74 Å². The SMILES string of the molecule is CCOc1ccc(-c2ccccc2)cc1NC(=O)CC(C)=O. The molecule has 0 bridgehead atoms. The molecule has 0 saturated carbocycles. The molecule has 0 atom stereocenters. The molecule has 0 aliphatic heterocycles. The monoisotopic (exact) mass is 297 g/mol. The third kappa shape index (κ3) is 4.19. The Morgan fingerprint density at radius 1 is 1.05 bits per heavy atom. The van der Waals surface area contributed by atoms with Crippen LogP contribution in [0.3, 0.4) is 0 Å². The molecule has 2 aromatic carbocycles. The van der Waals surface area contributed by atoms with E-state index in [0.717, 1.165) is 11.1 Å². The molecule has 2 aromatic rings. The third-order valence-corrected chi connectivity index (χ3v) is 3.07. The van der Waals surface area contributed by atoms with Crippen molar-refractivity contribution in [3.8, 4) is 16.9 Å². The van der Waals surface area contributed by atoms with E-state index in [2.05, 4.69) is 5.32 Å². The quantitative estimate of drug-likeness (QED) is 0.828. The van der Waals surface area contributed by atoms with E-state index >= 15 is 0 Å². The fraction of sp³-hybridized carbons (Fsp3) is 0.222. The Morgan fingerprint density at radius 3 is 2.41 bits per heavy atom. The van der Waals surface area contributed by atoms with Gasteiger partial charge in [-0.2, -0.15) is 0 Å². The Morgan fingerprint density at radius 2 is 1.77 bits per heavy atom. The van der Waals surface area contributed by atoms with Crippen molar-refractivity contribution >= 4 is 17.4 Å². The van der Waals surface area contributed by atoms with E-state index in [1.54, 1.807) is 0 Å². The lowest BCUT2D eigenvalue weighted by molar-refractivity contribution is -0.124. The number of rotatable bonds is 6. The van der Waals surface area contributed by atoms with Crippen LogP contribution in [0.4, 0.5) is 5.69 Å². The van der Waals surface area contributed by atoms with Crippen LogP contribution < -0.4 is 10.1 Å². The smallest absolute Gasteiger partial charge is 0.231 e. The molecule has 4 heteroatoms. The van der Waals surface area contributed by atoms with Crippen LogP contribution in [0.5, 0.6) is 5.75 Å². The first-order valence-electron chi connectivity index (χ1n) is 7.21. The van der Waals surface area contributed by atoms with Crippen LogP contribution in [0.15, 0.2) is 48.5 Å². The molecule has 0 heterocycles. The molecule has 4 nitrogen and oxygen atoms in total. The number of Topliss-reactive ketones (excluding diaryl/α,β-unsaturated/α-hetero) is 1. The average Bonchev–Trinajstić information content (AvgIpc) is 2.49. The Balaban J connectivity index is 2.31. The van der Waals surface area contributed by atoms with E-state index in [1.165, 1.54) is 6.92 Å². The van der Waals surface area contributed by atoms with Crippen LogP contribution in [0.1, 0.15) is 20.3 Å². The summed E-state index contributed by atoms with van der Waals surface area (Å²) in [6.07, 6.45) is -0.138. The minimum Gasteiger partial charge on any atom is -0.492 e. The van der Waals surface area contributed by atoms with Gasteiger partial charge in [0.25, 0.3) is 0 Å². The highest BCUT2D eigenvalue weighted by Gasteiger charge is 2.11. The van der Waals surface area contributed by atoms with Crippen LogP contribution in [0, 0.1) is 0 Å². The average molecular weight is 297 g/mol. The summed E-state index contributed by atoms with van der Waals surface area (Å²) in [6, 6.07) is 15.5. The first-order chi connectivity index (χ1) is 10.6. The van der Waals surface area contributed by atoms with Gasteiger partial charge in [-0.15, -0.1) is 0 Å². The molecule has 2 rings (SSSR count). The number of carbonyl (C=O) groups is 2. The Kier molecular flexibility index (Phi) is 5.31. The summed E-state index contributed by atoms with van der Waals surface area (Å²) < 4.78 is 5.53. The molecule has 0 saturated heterocycles. The largest absolute Gasteiger partial charge is 0.492 e. The molecule has 0 unspecified atom stereocenters. The van der Waals surface area contributed by atoms with E-state index in [0.29, 0.717) is 18.0 Å². The number of ether oxygens (including phenoxy) is 1. The highest BCUT2D eigenvalue weighted by atomic mass is 16.5. The minimum atomic E-state index is -0.335. The normalized spacial score (nSPS) is 10.1. The second-order valence-electron chi connectivity index (χ2n) is 4.94. The van der Waals surface area contributed by atoms with Crippen molar-refractivity contribution in [3.05, 3.63) is 48.5 Å². The number of hydrogen-bond donors (Lipinski definition) is 1. The zero-order valence-electron chi connectivity index (χ0n) is 12.8. The number of anilines is 1. The number of amides is 1. The van der Waals surface area contributed by atoms with Gasteiger partial charge in [-0.25, -0.2) is 0 Å². The van der Waals surface area contributed by atoms with Gasteiger partial charge in [0.2, 0.25) is 5.91 Å². The third-order valence-electron chi connectivity index (χ3n) is 3.07. The van der Waals surface area contributed by atoms with Gasteiger partial charge >= 0.3 is 0 Å². The molecule has 0 fully saturated rings. The Bertz CT molecular complexity index is 665. The number of hydrogen-bond acceptors (Lipinski definition) is 3. The number of ketones is 1. The number of nitrogens with one attached hydrogen (secondary N) is 1. The van der Waals surface area contributed by atoms with Crippen molar-refractivity contribution in [2.75, 3.05) is 11.9 Å². The first kappa shape index (κ1) is 15.8. The van der Waals surface area contributed by atoms with Crippen LogP contribution in [0.2, 0.25) is 0 Å². The van der Waals surface area contributed by atoms with Gasteiger partial charge in [-0.1, -0.05) is 36.4 Å². The molecule has 0 aromatic heterocycles. The van der Waals surface area contributed by atoms with Crippen LogP contribution >= 0.6 is 0 Å². The highest BCUT2D eigenvalue weighted by molar-refractivity contribution is 6.04. The fourth-order valence-corrected chi connectivity index (χ4v) is 2.14. The molecule has 0 radical (unpaired) electrons. The summed E-state index contributed by atoms with van der Waals surface area (Å²) in [5, 5.41) is 2.75. The standard InChI is InChI=1S/C18H19NO3/c1-3-22-17-10-9-15(14-7-5-4-6-8-14)12-16(17)19-18(21)11-13(2)20/h4-10,12H,3,11H2,1-2H3,(H,19,21). The molecule has 0 aliphatic rings. The predicted octanol–water partition coefficient (Wildman–Crippen LogP) is 3.67. The predicted molar refractivity (Wildman–Crippen MR) is 87.0 cm³/mol. The lowest BCUT2D eigenvalue weighted by Crippen LogP contribution is -2.15. The van der Waals surface area contributed by atoms with Crippen LogP contribution in [-0.4, -0.2) is 18.3 Å². The van der Waals surface area contributed by atoms with E-state index in [9.17, 15) is 9.59 Å². The topological polar surface area (TPSA) is 55.4 Å². The molecule has 0 aliphatic carbocycles. The zero-order chi connectivity index (χ0) is 15.9. The van der Waals surface area contributed by atoms with Crippen molar-refractivity contribution in [2.45, 2.75) is 20.3 Å². The van der Waals surface area contributed by atoms with Crippen molar-refractivity contribution in [1.82, 2.24) is 0 Å². The highest BCUT2D eigenvalue weighted by Crippen LogP contribution is 2.31. The summed E-state index contributed by atoms with van der Waals surface area (Å²) in [5.74, 6) is 0.0902. The Labute approximate surface area is 130 Å². The summed E-state index contributed by atoms with van der Waals surface area (Å²) in [5.41, 5.74) is 2.60. The van der Waals surface area contributed by atoms with Gasteiger partial charge in [0.15, 0.2) is 0 Å². The van der Waals surface area contributed by atoms with E-state index in [-0.39, 0.29) is 18.1 Å². The lowest BCUT2D eigenvalue weighted by Gasteiger charge is -2.13. The van der Waals surface area contributed by atoms with Crippen molar-refractivity contribution in [1.29, 1.82) is 0 Å². The Hall–Kier alpha value is -2.62. The van der Waals surface area contributed by atoms with Gasteiger partial charge < -0.3 is 10.1 Å². The number of benzene rings is 2. The summed E-state index contributed by atoms with van der Waals surface area (Å²) >= 11 is 0. The second kappa shape index (κ2) is 7.41. The summed E-state index contributed by atoms with van der Waals surface area (Å²) in [6.45, 7) is 3.77. The maximum absolute atomic E-state index is 11.8. The lowest BCUT2D eigenvalue weighted by atomic mass is 10.0. The molecule has 1 N–H and O–H groups in total. The van der Waals surface area contributed by atoms with Gasteiger partial charge in [0.05, 0.1) is 18.7 Å². The van der Waals surface area contributed by atoms with Gasteiger partial charge in [-0.05, 0) is 37.1 Å². The van der Waals surface area contributed by atoms with Gasteiger partial charge in [0.1, 0.15) is 11.5 Å². The van der Waals surface area contributed by atoms with Crippen molar-refractivity contribution in [3.63, 3.8) is 0 Å².